The molecule has 0 radical (unpaired) electrons. The molecule has 2 aliphatic heterocycles. The summed E-state index contributed by atoms with van der Waals surface area (Å²) in [4.78, 5) is 36.1. The number of imide groups is 1. The van der Waals surface area contributed by atoms with Gasteiger partial charge in [-0.3, -0.25) is 19.3 Å². The van der Waals surface area contributed by atoms with Crippen LogP contribution in [0.3, 0.4) is 0 Å². The molecule has 0 bridgehead atoms. The Hall–Kier alpha value is -1.47. The number of nitrogens with zero attached hydrogens (tertiary/aromatic N) is 1. The van der Waals surface area contributed by atoms with Gasteiger partial charge in [-0.15, -0.1) is 0 Å². The van der Waals surface area contributed by atoms with E-state index in [4.69, 9.17) is 10.5 Å². The average molecular weight is 255 g/mol. The molecule has 0 spiro atoms. The molecule has 3 atom stereocenters. The number of nitrogens with two attached hydrogens (primary N) is 1. The standard InChI is InChI=1S/C11H17N3O4/c1-14-9(15)3-2-8(11(14)17)13-10(16)6-4-18-5-7(6)12/h6-8H,2-5,12H2,1H3,(H,13,16). The Bertz CT molecular complexity index is 384. The molecule has 3 amide bonds. The molecule has 0 aliphatic carbocycles. The molecule has 7 heteroatoms. The topological polar surface area (TPSA) is 102 Å². The Morgan fingerprint density at radius 2 is 2.17 bits per heavy atom. The van der Waals surface area contributed by atoms with E-state index < -0.39 is 12.0 Å². The number of carbonyl (C=O) groups excluding carboxylic acids is 3. The molecule has 0 aromatic heterocycles. The van der Waals surface area contributed by atoms with Gasteiger partial charge in [-0.1, -0.05) is 0 Å². The Morgan fingerprint density at radius 1 is 1.44 bits per heavy atom. The molecule has 0 saturated carbocycles. The van der Waals surface area contributed by atoms with Gasteiger partial charge in [-0.05, 0) is 6.42 Å². The van der Waals surface area contributed by atoms with Crippen LogP contribution >= 0.6 is 0 Å². The Kier molecular flexibility index (Phi) is 3.63. The summed E-state index contributed by atoms with van der Waals surface area (Å²) in [5.41, 5.74) is 5.73. The van der Waals surface area contributed by atoms with Crippen LogP contribution in [0.15, 0.2) is 0 Å². The zero-order chi connectivity index (χ0) is 13.3. The van der Waals surface area contributed by atoms with Crippen molar-refractivity contribution >= 4 is 17.7 Å². The Balaban J connectivity index is 1.95. The highest BCUT2D eigenvalue weighted by Crippen LogP contribution is 2.15. The van der Waals surface area contributed by atoms with Crippen molar-refractivity contribution in [3.05, 3.63) is 0 Å². The molecule has 3 N–H and O–H groups in total. The van der Waals surface area contributed by atoms with Crippen LogP contribution in [0.25, 0.3) is 0 Å². The maximum Gasteiger partial charge on any atom is 0.251 e. The maximum absolute atomic E-state index is 11.9. The number of likely N-dealkylation sites (tertiary alicyclic amines) is 1. The molecule has 2 heterocycles. The van der Waals surface area contributed by atoms with E-state index in [1.54, 1.807) is 0 Å². The van der Waals surface area contributed by atoms with Crippen molar-refractivity contribution in [1.29, 1.82) is 0 Å². The van der Waals surface area contributed by atoms with Crippen molar-refractivity contribution in [2.45, 2.75) is 24.9 Å². The monoisotopic (exact) mass is 255 g/mol. The maximum atomic E-state index is 11.9. The number of ether oxygens (including phenoxy) is 1. The van der Waals surface area contributed by atoms with Crippen LogP contribution in [0.4, 0.5) is 0 Å². The second kappa shape index (κ2) is 5.03. The number of likely N-dealkylation sites (N-methyl/N-ethyl adjacent to an activating group) is 1. The van der Waals surface area contributed by atoms with Gasteiger partial charge in [0.1, 0.15) is 6.04 Å². The number of nitrogens with one attached hydrogen (secondary N) is 1. The molecule has 0 aromatic carbocycles. The molecule has 3 unspecified atom stereocenters. The van der Waals surface area contributed by atoms with Gasteiger partial charge in [0.25, 0.3) is 5.91 Å². The highest BCUT2D eigenvalue weighted by atomic mass is 16.5. The zero-order valence-electron chi connectivity index (χ0n) is 10.2. The van der Waals surface area contributed by atoms with Gasteiger partial charge in [0.15, 0.2) is 0 Å². The predicted octanol–water partition coefficient (Wildman–Crippen LogP) is -1.78. The number of carbonyl (C=O) groups is 3. The van der Waals surface area contributed by atoms with Crippen molar-refractivity contribution in [2.24, 2.45) is 11.7 Å². The van der Waals surface area contributed by atoms with Gasteiger partial charge in [0, 0.05) is 19.5 Å². The predicted molar refractivity (Wildman–Crippen MR) is 61.2 cm³/mol. The first kappa shape index (κ1) is 13.0. The van der Waals surface area contributed by atoms with Crippen molar-refractivity contribution in [1.82, 2.24) is 10.2 Å². The lowest BCUT2D eigenvalue weighted by Crippen LogP contribution is -2.55. The van der Waals surface area contributed by atoms with Crippen molar-refractivity contribution in [3.8, 4) is 0 Å². The van der Waals surface area contributed by atoms with E-state index in [1.165, 1.54) is 7.05 Å². The SMILES string of the molecule is CN1C(=O)CCC(NC(=O)C2COCC2N)C1=O. The fourth-order valence-corrected chi connectivity index (χ4v) is 2.17. The summed E-state index contributed by atoms with van der Waals surface area (Å²) in [7, 11) is 1.42. The van der Waals surface area contributed by atoms with Crippen molar-refractivity contribution < 1.29 is 19.1 Å². The molecule has 0 aromatic rings. The van der Waals surface area contributed by atoms with Crippen LogP contribution in [-0.4, -0.2) is 55.0 Å². The molecule has 2 rings (SSSR count). The number of hydrogen-bond acceptors (Lipinski definition) is 5. The van der Waals surface area contributed by atoms with Gasteiger partial charge >= 0.3 is 0 Å². The minimum absolute atomic E-state index is 0.216. The second-order valence-corrected chi connectivity index (χ2v) is 4.70. The van der Waals surface area contributed by atoms with Crippen molar-refractivity contribution in [3.63, 3.8) is 0 Å². The fourth-order valence-electron chi connectivity index (χ4n) is 2.17. The minimum atomic E-state index is -0.631. The number of amides is 3. The summed E-state index contributed by atoms with van der Waals surface area (Å²) < 4.78 is 5.11. The van der Waals surface area contributed by atoms with E-state index in [9.17, 15) is 14.4 Å². The lowest BCUT2D eigenvalue weighted by molar-refractivity contribution is -0.149. The second-order valence-electron chi connectivity index (χ2n) is 4.70. The van der Waals surface area contributed by atoms with Gasteiger partial charge < -0.3 is 15.8 Å². The molecule has 2 saturated heterocycles. The summed E-state index contributed by atoms with van der Waals surface area (Å²) >= 11 is 0. The highest BCUT2D eigenvalue weighted by molar-refractivity contribution is 6.01. The summed E-state index contributed by atoms with van der Waals surface area (Å²) in [6.07, 6.45) is 0.608. The molecule has 2 aliphatic rings. The molecular formula is C11H17N3O4. The van der Waals surface area contributed by atoms with Crippen LogP contribution < -0.4 is 11.1 Å². The van der Waals surface area contributed by atoms with Crippen LogP contribution in [0.2, 0.25) is 0 Å². The Morgan fingerprint density at radius 3 is 2.78 bits per heavy atom. The molecule has 2 fully saturated rings. The van der Waals surface area contributed by atoms with E-state index in [0.29, 0.717) is 13.0 Å². The number of rotatable bonds is 2. The third-order valence-corrected chi connectivity index (χ3v) is 3.43. The fraction of sp³-hybridized carbons (Fsp3) is 0.727. The number of hydrogen-bond donors (Lipinski definition) is 2. The van der Waals surface area contributed by atoms with Crippen molar-refractivity contribution in [2.75, 3.05) is 20.3 Å². The van der Waals surface area contributed by atoms with E-state index in [-0.39, 0.29) is 36.8 Å². The van der Waals surface area contributed by atoms with E-state index in [1.807, 2.05) is 0 Å². The smallest absolute Gasteiger partial charge is 0.251 e. The third kappa shape index (κ3) is 2.37. The average Bonchev–Trinajstić information content (AvgIpc) is 2.76. The summed E-state index contributed by atoms with van der Waals surface area (Å²) in [6, 6.07) is -0.962. The first-order valence-electron chi connectivity index (χ1n) is 5.95. The van der Waals surface area contributed by atoms with Gasteiger partial charge in [0.05, 0.1) is 19.1 Å². The summed E-state index contributed by atoms with van der Waals surface area (Å²) in [5.74, 6) is -1.28. The Labute approximate surface area is 105 Å². The lowest BCUT2D eigenvalue weighted by Gasteiger charge is -2.29. The molecule has 100 valence electrons. The van der Waals surface area contributed by atoms with Crippen LogP contribution in [-0.2, 0) is 19.1 Å². The summed E-state index contributed by atoms with van der Waals surface area (Å²) in [5, 5.41) is 2.65. The van der Waals surface area contributed by atoms with E-state index >= 15 is 0 Å². The normalized spacial score (nSPS) is 32.8. The lowest BCUT2D eigenvalue weighted by atomic mass is 10.0. The molecule has 18 heavy (non-hydrogen) atoms. The van der Waals surface area contributed by atoms with Gasteiger partial charge in [-0.25, -0.2) is 0 Å². The first-order valence-corrected chi connectivity index (χ1v) is 5.95. The van der Waals surface area contributed by atoms with Gasteiger partial charge in [0.2, 0.25) is 11.8 Å². The van der Waals surface area contributed by atoms with Crippen LogP contribution in [0, 0.1) is 5.92 Å². The molecule has 7 nitrogen and oxygen atoms in total. The number of piperidine rings is 1. The minimum Gasteiger partial charge on any atom is -0.379 e. The zero-order valence-corrected chi connectivity index (χ0v) is 10.2. The van der Waals surface area contributed by atoms with Gasteiger partial charge in [-0.2, -0.15) is 0 Å². The first-order chi connectivity index (χ1) is 8.50. The quantitative estimate of drug-likeness (QED) is 0.568. The third-order valence-electron chi connectivity index (χ3n) is 3.43. The highest BCUT2D eigenvalue weighted by Gasteiger charge is 2.37. The van der Waals surface area contributed by atoms with Crippen LogP contribution in [0.5, 0.6) is 0 Å². The summed E-state index contributed by atoms with van der Waals surface area (Å²) in [6.45, 7) is 0.637. The molecular weight excluding hydrogens is 238 g/mol. The van der Waals surface area contributed by atoms with Crippen LogP contribution in [0.1, 0.15) is 12.8 Å². The largest absolute Gasteiger partial charge is 0.379 e. The van der Waals surface area contributed by atoms with E-state index in [2.05, 4.69) is 5.32 Å². The van der Waals surface area contributed by atoms with E-state index in [0.717, 1.165) is 4.90 Å².